The second-order valence-corrected chi connectivity index (χ2v) is 4.78. The Balaban J connectivity index is 2.22. The van der Waals surface area contributed by atoms with E-state index in [9.17, 15) is 9.59 Å². The highest BCUT2D eigenvalue weighted by Crippen LogP contribution is 2.24. The van der Waals surface area contributed by atoms with Gasteiger partial charge in [-0.25, -0.2) is 4.79 Å². The molecule has 2 aromatic rings. The van der Waals surface area contributed by atoms with Crippen LogP contribution in [0, 0.1) is 0 Å². The third-order valence-electron chi connectivity index (χ3n) is 2.55. The first kappa shape index (κ1) is 14.3. The highest BCUT2D eigenvalue weighted by molar-refractivity contribution is 9.10. The monoisotopic (exact) mass is 338 g/mol. The number of halogens is 1. The van der Waals surface area contributed by atoms with Gasteiger partial charge in [0.2, 0.25) is 0 Å². The van der Waals surface area contributed by atoms with Crippen LogP contribution >= 0.6 is 15.9 Å². The minimum absolute atomic E-state index is 0.0746. The van der Waals surface area contributed by atoms with E-state index in [2.05, 4.69) is 21.2 Å². The van der Waals surface area contributed by atoms with Crippen LogP contribution in [0.5, 0.6) is 0 Å². The van der Waals surface area contributed by atoms with Crippen molar-refractivity contribution >= 4 is 33.5 Å². The number of aromatic carboxylic acids is 1. The van der Waals surface area contributed by atoms with Gasteiger partial charge < -0.3 is 20.6 Å². The van der Waals surface area contributed by atoms with E-state index in [1.54, 1.807) is 12.1 Å². The van der Waals surface area contributed by atoms with E-state index < -0.39 is 11.9 Å². The lowest BCUT2D eigenvalue weighted by molar-refractivity contribution is 0.0696. The number of nitrogens with two attached hydrogens (primary N) is 1. The number of carbonyl (C=O) groups excluding carboxylic acids is 1. The predicted molar refractivity (Wildman–Crippen MR) is 75.7 cm³/mol. The van der Waals surface area contributed by atoms with Crippen molar-refractivity contribution in [1.29, 1.82) is 0 Å². The van der Waals surface area contributed by atoms with E-state index in [1.165, 1.54) is 18.2 Å². The topological polar surface area (TPSA) is 106 Å². The van der Waals surface area contributed by atoms with Gasteiger partial charge in [0.25, 0.3) is 5.91 Å². The van der Waals surface area contributed by atoms with E-state index in [0.717, 1.165) is 0 Å². The van der Waals surface area contributed by atoms with Crippen molar-refractivity contribution in [3.05, 3.63) is 51.9 Å². The first-order chi connectivity index (χ1) is 9.51. The smallest absolute Gasteiger partial charge is 0.335 e. The van der Waals surface area contributed by atoms with Gasteiger partial charge in [-0.1, -0.05) is 0 Å². The molecule has 1 heterocycles. The highest BCUT2D eigenvalue weighted by atomic mass is 79.9. The fraction of sp³-hybridized carbons (Fsp3) is 0.0769. The molecule has 0 aliphatic heterocycles. The fourth-order valence-electron chi connectivity index (χ4n) is 1.55. The first-order valence-electron chi connectivity index (χ1n) is 5.64. The maximum Gasteiger partial charge on any atom is 0.335 e. The van der Waals surface area contributed by atoms with Crippen LogP contribution in [0.25, 0.3) is 0 Å². The molecule has 0 fully saturated rings. The van der Waals surface area contributed by atoms with Crippen molar-refractivity contribution in [2.75, 3.05) is 5.32 Å². The van der Waals surface area contributed by atoms with Crippen LogP contribution in [0.2, 0.25) is 0 Å². The SMILES string of the molecule is NCc1ccc(C(=O)Nc2cc(C(=O)O)ccc2Br)o1. The summed E-state index contributed by atoms with van der Waals surface area (Å²) in [5.41, 5.74) is 5.82. The number of furan rings is 1. The third-order valence-corrected chi connectivity index (χ3v) is 3.24. The molecular formula is C13H11BrN2O4. The summed E-state index contributed by atoms with van der Waals surface area (Å²) in [4.78, 5) is 22.9. The Bertz CT molecular complexity index is 666. The number of rotatable bonds is 4. The standard InChI is InChI=1S/C13H11BrN2O4/c14-9-3-1-7(13(18)19)5-10(9)16-12(17)11-4-2-8(6-15)20-11/h1-5H,6,15H2,(H,16,17)(H,18,19). The molecule has 0 saturated heterocycles. The average molecular weight is 339 g/mol. The molecule has 1 amide bonds. The Morgan fingerprint density at radius 1 is 1.30 bits per heavy atom. The molecular weight excluding hydrogens is 328 g/mol. The summed E-state index contributed by atoms with van der Waals surface area (Å²) in [6, 6.07) is 7.45. The second-order valence-electron chi connectivity index (χ2n) is 3.92. The number of hydrogen-bond donors (Lipinski definition) is 3. The van der Waals surface area contributed by atoms with E-state index >= 15 is 0 Å². The summed E-state index contributed by atoms with van der Waals surface area (Å²) < 4.78 is 5.79. The molecule has 0 saturated carbocycles. The van der Waals surface area contributed by atoms with Crippen LogP contribution in [-0.4, -0.2) is 17.0 Å². The number of carboxylic acid groups (broad SMARTS) is 1. The van der Waals surface area contributed by atoms with Crippen molar-refractivity contribution in [3.63, 3.8) is 0 Å². The van der Waals surface area contributed by atoms with Gasteiger partial charge in [0, 0.05) is 4.47 Å². The van der Waals surface area contributed by atoms with E-state index in [0.29, 0.717) is 15.9 Å². The Hall–Kier alpha value is -2.12. The number of amides is 1. The Labute approximate surface area is 122 Å². The van der Waals surface area contributed by atoms with Crippen LogP contribution in [0.3, 0.4) is 0 Å². The van der Waals surface area contributed by atoms with Crippen LogP contribution in [-0.2, 0) is 6.54 Å². The van der Waals surface area contributed by atoms with Gasteiger partial charge >= 0.3 is 5.97 Å². The van der Waals surface area contributed by atoms with Crippen LogP contribution in [0.15, 0.2) is 39.2 Å². The molecule has 0 bridgehead atoms. The molecule has 0 aliphatic carbocycles. The maximum atomic E-state index is 12.0. The van der Waals surface area contributed by atoms with Gasteiger partial charge in [0.1, 0.15) is 5.76 Å². The van der Waals surface area contributed by atoms with Crippen molar-refractivity contribution in [2.24, 2.45) is 5.73 Å². The summed E-state index contributed by atoms with van der Waals surface area (Å²) in [6.07, 6.45) is 0. The summed E-state index contributed by atoms with van der Waals surface area (Å²) in [5, 5.41) is 11.5. The molecule has 0 spiro atoms. The van der Waals surface area contributed by atoms with Gasteiger partial charge in [-0.3, -0.25) is 4.79 Å². The molecule has 6 nitrogen and oxygen atoms in total. The predicted octanol–water partition coefficient (Wildman–Crippen LogP) is 2.45. The van der Waals surface area contributed by atoms with Crippen LogP contribution < -0.4 is 11.1 Å². The lowest BCUT2D eigenvalue weighted by Crippen LogP contribution is -2.12. The van der Waals surface area contributed by atoms with Crippen LogP contribution in [0.1, 0.15) is 26.7 Å². The van der Waals surface area contributed by atoms with Crippen molar-refractivity contribution in [3.8, 4) is 0 Å². The Kier molecular flexibility index (Phi) is 4.21. The van der Waals surface area contributed by atoms with Gasteiger partial charge in [-0.15, -0.1) is 0 Å². The van der Waals surface area contributed by atoms with Gasteiger partial charge in [0.05, 0.1) is 17.8 Å². The molecule has 1 aromatic carbocycles. The number of carbonyl (C=O) groups is 2. The van der Waals surface area contributed by atoms with Crippen molar-refractivity contribution in [1.82, 2.24) is 0 Å². The molecule has 0 radical (unpaired) electrons. The number of anilines is 1. The summed E-state index contributed by atoms with van der Waals surface area (Å²) in [5.74, 6) is -0.948. The highest BCUT2D eigenvalue weighted by Gasteiger charge is 2.14. The van der Waals surface area contributed by atoms with E-state index in [-0.39, 0.29) is 17.9 Å². The minimum atomic E-state index is -1.07. The molecule has 7 heteroatoms. The third kappa shape index (κ3) is 3.06. The zero-order valence-corrected chi connectivity index (χ0v) is 11.8. The van der Waals surface area contributed by atoms with Gasteiger partial charge in [0.15, 0.2) is 5.76 Å². The fourth-order valence-corrected chi connectivity index (χ4v) is 1.89. The molecule has 0 aliphatic rings. The summed E-state index contributed by atoms with van der Waals surface area (Å²) in [7, 11) is 0. The van der Waals surface area contributed by atoms with Crippen molar-refractivity contribution < 1.29 is 19.1 Å². The minimum Gasteiger partial charge on any atom is -0.478 e. The molecule has 1 aromatic heterocycles. The second kappa shape index (κ2) is 5.89. The Morgan fingerprint density at radius 3 is 2.65 bits per heavy atom. The summed E-state index contributed by atoms with van der Waals surface area (Å²) in [6.45, 7) is 0.200. The quantitative estimate of drug-likeness (QED) is 0.793. The first-order valence-corrected chi connectivity index (χ1v) is 6.43. The normalized spacial score (nSPS) is 10.3. The number of benzene rings is 1. The number of nitrogens with one attached hydrogen (secondary N) is 1. The molecule has 20 heavy (non-hydrogen) atoms. The average Bonchev–Trinajstić information content (AvgIpc) is 2.89. The number of carboxylic acids is 1. The lowest BCUT2D eigenvalue weighted by atomic mass is 10.2. The largest absolute Gasteiger partial charge is 0.478 e. The Morgan fingerprint density at radius 2 is 2.05 bits per heavy atom. The zero-order valence-electron chi connectivity index (χ0n) is 10.2. The molecule has 0 atom stereocenters. The van der Waals surface area contributed by atoms with E-state index in [1.807, 2.05) is 0 Å². The number of hydrogen-bond acceptors (Lipinski definition) is 4. The van der Waals surface area contributed by atoms with Gasteiger partial charge in [-0.2, -0.15) is 0 Å². The van der Waals surface area contributed by atoms with E-state index in [4.69, 9.17) is 15.3 Å². The van der Waals surface area contributed by atoms with Crippen LogP contribution in [0.4, 0.5) is 5.69 Å². The molecule has 4 N–H and O–H groups in total. The summed E-state index contributed by atoms with van der Waals surface area (Å²) >= 11 is 3.24. The maximum absolute atomic E-state index is 12.0. The molecule has 104 valence electrons. The molecule has 0 unspecified atom stereocenters. The molecule has 2 rings (SSSR count). The zero-order chi connectivity index (χ0) is 14.7. The van der Waals surface area contributed by atoms with Gasteiger partial charge in [-0.05, 0) is 46.3 Å². The lowest BCUT2D eigenvalue weighted by Gasteiger charge is -2.07. The van der Waals surface area contributed by atoms with Crippen molar-refractivity contribution in [2.45, 2.75) is 6.54 Å².